The van der Waals surface area contributed by atoms with Crippen LogP contribution in [0, 0.1) is 5.82 Å². The molecule has 120 valence electrons. The predicted molar refractivity (Wildman–Crippen MR) is 86.1 cm³/mol. The summed E-state index contributed by atoms with van der Waals surface area (Å²) in [5.74, 6) is 0.722. The minimum Gasteiger partial charge on any atom is -0.335 e. The van der Waals surface area contributed by atoms with Gasteiger partial charge in [-0.1, -0.05) is 25.0 Å². The van der Waals surface area contributed by atoms with Crippen LogP contribution in [0.4, 0.5) is 9.18 Å². The number of imide groups is 1. The molecule has 0 unspecified atom stereocenters. The molecule has 0 heterocycles. The fourth-order valence-corrected chi connectivity index (χ4v) is 3.35. The third-order valence-corrected chi connectivity index (χ3v) is 4.60. The lowest BCUT2D eigenvalue weighted by atomic mass is 10.2. The molecule has 0 atom stereocenters. The lowest BCUT2D eigenvalue weighted by Crippen LogP contribution is -2.43. The molecule has 1 aromatic rings. The Balaban J connectivity index is 1.58. The van der Waals surface area contributed by atoms with Gasteiger partial charge in [-0.3, -0.25) is 10.1 Å². The minimum absolute atomic E-state index is 0.204. The Morgan fingerprint density at radius 2 is 2.05 bits per heavy atom. The van der Waals surface area contributed by atoms with Gasteiger partial charge in [0.15, 0.2) is 0 Å². The molecule has 0 spiro atoms. The molecule has 2 N–H and O–H groups in total. The van der Waals surface area contributed by atoms with Crippen LogP contribution in [0.3, 0.4) is 0 Å². The Hall–Kier alpha value is -1.56. The van der Waals surface area contributed by atoms with Crippen molar-refractivity contribution >= 4 is 23.7 Å². The molecule has 0 saturated heterocycles. The van der Waals surface area contributed by atoms with Gasteiger partial charge in [-0.15, -0.1) is 0 Å². The largest absolute Gasteiger partial charge is 0.335 e. The fourth-order valence-electron chi connectivity index (χ4n) is 2.46. The Labute approximate surface area is 134 Å². The van der Waals surface area contributed by atoms with Crippen LogP contribution in [0.5, 0.6) is 0 Å². The highest BCUT2D eigenvalue weighted by atomic mass is 32.2. The summed E-state index contributed by atoms with van der Waals surface area (Å²) in [6.07, 6.45) is 4.53. The van der Waals surface area contributed by atoms with E-state index in [1.165, 1.54) is 12.1 Å². The number of thioether (sulfide) groups is 1. The predicted octanol–water partition coefficient (Wildman–Crippen LogP) is 3.22. The van der Waals surface area contributed by atoms with Crippen molar-refractivity contribution in [2.75, 3.05) is 5.75 Å². The van der Waals surface area contributed by atoms with E-state index in [0.717, 1.165) is 31.2 Å². The highest BCUT2D eigenvalue weighted by Crippen LogP contribution is 2.17. The van der Waals surface area contributed by atoms with Crippen molar-refractivity contribution in [3.8, 4) is 0 Å². The van der Waals surface area contributed by atoms with Gasteiger partial charge in [-0.2, -0.15) is 11.8 Å². The number of amides is 3. The first-order chi connectivity index (χ1) is 10.6. The second kappa shape index (κ2) is 8.78. The van der Waals surface area contributed by atoms with E-state index in [1.54, 1.807) is 17.8 Å². The highest BCUT2D eigenvalue weighted by molar-refractivity contribution is 7.98. The third kappa shape index (κ3) is 6.05. The average molecular weight is 324 g/mol. The second-order valence-corrected chi connectivity index (χ2v) is 6.54. The van der Waals surface area contributed by atoms with Gasteiger partial charge in [0.25, 0.3) is 0 Å². The first-order valence-corrected chi connectivity index (χ1v) is 8.71. The van der Waals surface area contributed by atoms with Crippen LogP contribution in [0.1, 0.15) is 37.7 Å². The molecule has 22 heavy (non-hydrogen) atoms. The van der Waals surface area contributed by atoms with Gasteiger partial charge < -0.3 is 5.32 Å². The number of carbonyl (C=O) groups is 2. The SMILES string of the molecule is O=C(CCSCc1cccc(F)c1)NC(=O)NC1CCCC1. The van der Waals surface area contributed by atoms with Crippen LogP contribution in [-0.4, -0.2) is 23.7 Å². The molecule has 1 aliphatic carbocycles. The maximum Gasteiger partial charge on any atom is 0.321 e. The minimum atomic E-state index is -0.396. The highest BCUT2D eigenvalue weighted by Gasteiger charge is 2.17. The quantitative estimate of drug-likeness (QED) is 0.790. The summed E-state index contributed by atoms with van der Waals surface area (Å²) < 4.78 is 13.0. The van der Waals surface area contributed by atoms with Gasteiger partial charge in [-0.25, -0.2) is 9.18 Å². The Morgan fingerprint density at radius 3 is 2.77 bits per heavy atom. The van der Waals surface area contributed by atoms with Crippen LogP contribution < -0.4 is 10.6 Å². The standard InChI is InChI=1S/C16H21FN2O2S/c17-13-5-3-4-12(10-13)11-22-9-8-15(20)19-16(21)18-14-6-1-2-7-14/h3-5,10,14H,1-2,6-9,11H2,(H2,18,19,20,21). The number of carbonyl (C=O) groups excluding carboxylic acids is 2. The summed E-state index contributed by atoms with van der Waals surface area (Å²) in [7, 11) is 0. The van der Waals surface area contributed by atoms with Crippen molar-refractivity contribution in [3.05, 3.63) is 35.6 Å². The van der Waals surface area contributed by atoms with E-state index in [4.69, 9.17) is 0 Å². The van der Waals surface area contributed by atoms with Gasteiger partial charge in [-0.05, 0) is 30.5 Å². The van der Waals surface area contributed by atoms with E-state index in [-0.39, 0.29) is 24.2 Å². The smallest absolute Gasteiger partial charge is 0.321 e. The number of urea groups is 1. The summed E-state index contributed by atoms with van der Waals surface area (Å²) >= 11 is 1.54. The molecule has 0 aromatic heterocycles. The van der Waals surface area contributed by atoms with Crippen LogP contribution in [0.25, 0.3) is 0 Å². The molecule has 1 aromatic carbocycles. The summed E-state index contributed by atoms with van der Waals surface area (Å²) in [5.41, 5.74) is 0.893. The van der Waals surface area contributed by atoms with Crippen molar-refractivity contribution in [2.24, 2.45) is 0 Å². The Morgan fingerprint density at radius 1 is 1.27 bits per heavy atom. The zero-order valence-electron chi connectivity index (χ0n) is 12.4. The normalized spacial score (nSPS) is 14.8. The Bertz CT molecular complexity index is 519. The summed E-state index contributed by atoms with van der Waals surface area (Å²) in [4.78, 5) is 23.3. The zero-order chi connectivity index (χ0) is 15.8. The van der Waals surface area contributed by atoms with Gasteiger partial charge >= 0.3 is 6.03 Å². The molecule has 0 aliphatic heterocycles. The third-order valence-electron chi connectivity index (χ3n) is 3.57. The van der Waals surface area contributed by atoms with Crippen molar-refractivity contribution < 1.29 is 14.0 Å². The number of nitrogens with one attached hydrogen (secondary N) is 2. The molecule has 2 rings (SSSR count). The van der Waals surface area contributed by atoms with Crippen molar-refractivity contribution in [3.63, 3.8) is 0 Å². The fraction of sp³-hybridized carbons (Fsp3) is 0.500. The average Bonchev–Trinajstić information content (AvgIpc) is 2.96. The van der Waals surface area contributed by atoms with E-state index in [1.807, 2.05) is 6.07 Å². The lowest BCUT2D eigenvalue weighted by Gasteiger charge is -2.12. The lowest BCUT2D eigenvalue weighted by molar-refractivity contribution is -0.119. The summed E-state index contributed by atoms with van der Waals surface area (Å²) in [5, 5.41) is 5.17. The van der Waals surface area contributed by atoms with E-state index in [9.17, 15) is 14.0 Å². The summed E-state index contributed by atoms with van der Waals surface area (Å²) in [6.45, 7) is 0. The van der Waals surface area contributed by atoms with Crippen LogP contribution in [0.15, 0.2) is 24.3 Å². The van der Waals surface area contributed by atoms with Crippen LogP contribution in [-0.2, 0) is 10.5 Å². The number of hydrogen-bond donors (Lipinski definition) is 2. The zero-order valence-corrected chi connectivity index (χ0v) is 13.3. The first kappa shape index (κ1) is 16.8. The van der Waals surface area contributed by atoms with Gasteiger partial charge in [0, 0.05) is 24.0 Å². The molecule has 6 heteroatoms. The summed E-state index contributed by atoms with van der Waals surface area (Å²) in [6, 6.07) is 6.23. The topological polar surface area (TPSA) is 58.2 Å². The van der Waals surface area contributed by atoms with Gasteiger partial charge in [0.05, 0.1) is 0 Å². The molecule has 1 fully saturated rings. The molecular weight excluding hydrogens is 303 g/mol. The van der Waals surface area contributed by atoms with Crippen LogP contribution >= 0.6 is 11.8 Å². The molecule has 3 amide bonds. The van der Waals surface area contributed by atoms with E-state index in [0.29, 0.717) is 11.5 Å². The molecule has 4 nitrogen and oxygen atoms in total. The molecule has 1 aliphatic rings. The van der Waals surface area contributed by atoms with Crippen LogP contribution in [0.2, 0.25) is 0 Å². The monoisotopic (exact) mass is 324 g/mol. The molecule has 0 bridgehead atoms. The number of halogens is 1. The number of benzene rings is 1. The van der Waals surface area contributed by atoms with Gasteiger partial charge in [0.2, 0.25) is 5.91 Å². The molecular formula is C16H21FN2O2S. The number of hydrogen-bond acceptors (Lipinski definition) is 3. The van der Waals surface area contributed by atoms with E-state index < -0.39 is 6.03 Å². The van der Waals surface area contributed by atoms with Crippen molar-refractivity contribution in [1.29, 1.82) is 0 Å². The van der Waals surface area contributed by atoms with Crippen molar-refractivity contribution in [1.82, 2.24) is 10.6 Å². The van der Waals surface area contributed by atoms with Crippen molar-refractivity contribution in [2.45, 2.75) is 43.9 Å². The molecule has 0 radical (unpaired) electrons. The second-order valence-electron chi connectivity index (χ2n) is 5.44. The maximum absolute atomic E-state index is 13.0. The molecule has 1 saturated carbocycles. The first-order valence-electron chi connectivity index (χ1n) is 7.56. The maximum atomic E-state index is 13.0. The van der Waals surface area contributed by atoms with E-state index >= 15 is 0 Å². The number of rotatable bonds is 6. The Kier molecular flexibility index (Phi) is 6.71. The van der Waals surface area contributed by atoms with Gasteiger partial charge in [0.1, 0.15) is 5.82 Å². The van der Waals surface area contributed by atoms with E-state index in [2.05, 4.69) is 10.6 Å².